The maximum Gasteiger partial charge on any atom is 0.335 e. The molecular weight excluding hydrogens is 470 g/mol. The van der Waals surface area contributed by atoms with E-state index in [1.54, 1.807) is 24.4 Å². The van der Waals surface area contributed by atoms with Gasteiger partial charge in [0.15, 0.2) is 5.11 Å². The maximum absolute atomic E-state index is 11.3. The predicted octanol–water partition coefficient (Wildman–Crippen LogP) is 6.18. The normalized spacial score (nSPS) is 17.6. The van der Waals surface area contributed by atoms with E-state index in [4.69, 9.17) is 28.2 Å². The lowest BCUT2D eigenvalue weighted by Crippen LogP contribution is -2.29. The molecule has 2 atom stereocenters. The zero-order valence-electron chi connectivity index (χ0n) is 18.1. The number of hydrogen-bond acceptors (Lipinski definition) is 4. The van der Waals surface area contributed by atoms with E-state index in [2.05, 4.69) is 10.3 Å². The predicted molar refractivity (Wildman–Crippen MR) is 135 cm³/mol. The molecule has 170 valence electrons. The summed E-state index contributed by atoms with van der Waals surface area (Å²) < 4.78 is 6.37. The van der Waals surface area contributed by atoms with Crippen molar-refractivity contribution in [1.29, 1.82) is 0 Å². The van der Waals surface area contributed by atoms with E-state index in [-0.39, 0.29) is 17.6 Å². The molecule has 1 aliphatic rings. The van der Waals surface area contributed by atoms with Crippen molar-refractivity contribution in [3.63, 3.8) is 0 Å². The summed E-state index contributed by atoms with van der Waals surface area (Å²) in [5, 5.41) is 13.9. The summed E-state index contributed by atoms with van der Waals surface area (Å²) in [6.45, 7) is 1.87. The van der Waals surface area contributed by atoms with Crippen LogP contribution in [-0.2, 0) is 0 Å². The zero-order valence-corrected chi connectivity index (χ0v) is 19.7. The first kappa shape index (κ1) is 22.1. The summed E-state index contributed by atoms with van der Waals surface area (Å²) in [5.41, 5.74) is 3.60. The van der Waals surface area contributed by atoms with Crippen molar-refractivity contribution in [3.8, 4) is 11.3 Å². The fourth-order valence-electron chi connectivity index (χ4n) is 4.25. The van der Waals surface area contributed by atoms with Gasteiger partial charge in [-0.1, -0.05) is 23.7 Å². The number of aryl methyl sites for hydroxylation is 1. The molecular formula is C26H20ClN3O3S. The summed E-state index contributed by atoms with van der Waals surface area (Å²) in [4.78, 5) is 17.9. The first-order valence-corrected chi connectivity index (χ1v) is 11.4. The summed E-state index contributed by atoms with van der Waals surface area (Å²) in [6, 6.07) is 21.5. The smallest absolute Gasteiger partial charge is 0.335 e. The average Bonchev–Trinajstić information content (AvgIpc) is 3.44. The Labute approximate surface area is 206 Å². The Hall–Kier alpha value is -3.68. The highest BCUT2D eigenvalue weighted by molar-refractivity contribution is 7.80. The summed E-state index contributed by atoms with van der Waals surface area (Å²) in [6.07, 6.45) is 1.75. The Morgan fingerprint density at radius 1 is 1.12 bits per heavy atom. The lowest BCUT2D eigenvalue weighted by molar-refractivity contribution is 0.0697. The van der Waals surface area contributed by atoms with Crippen LogP contribution in [0.2, 0.25) is 5.02 Å². The number of aromatic carboxylic acids is 1. The number of carboxylic acid groups (broad SMARTS) is 1. The molecule has 0 amide bonds. The van der Waals surface area contributed by atoms with E-state index in [9.17, 15) is 9.90 Å². The van der Waals surface area contributed by atoms with Crippen LogP contribution in [0.5, 0.6) is 0 Å². The van der Waals surface area contributed by atoms with Crippen molar-refractivity contribution in [2.75, 3.05) is 4.90 Å². The molecule has 3 heterocycles. The molecule has 8 heteroatoms. The highest BCUT2D eigenvalue weighted by Crippen LogP contribution is 2.43. The van der Waals surface area contributed by atoms with E-state index in [1.807, 2.05) is 66.4 Å². The number of rotatable bonds is 5. The van der Waals surface area contributed by atoms with E-state index in [0.29, 0.717) is 21.7 Å². The standard InChI is InChI=1S/C26H20ClN3O3S/c1-15-14-16(25(31)32)5-10-19(15)21-11-12-22(33-21)24-23(20-4-2-3-13-28-20)29-26(34)30(24)18-8-6-17(27)7-9-18/h2-14,23-24H,1H3,(H,29,34)(H,31,32)/t23-,24+/m0/s1. The van der Waals surface area contributed by atoms with Crippen molar-refractivity contribution in [2.24, 2.45) is 0 Å². The lowest BCUT2D eigenvalue weighted by atomic mass is 10.0. The quantitative estimate of drug-likeness (QED) is 0.324. The van der Waals surface area contributed by atoms with Gasteiger partial charge in [-0.2, -0.15) is 0 Å². The molecule has 1 saturated heterocycles. The number of aromatic nitrogens is 1. The Morgan fingerprint density at radius 3 is 2.59 bits per heavy atom. The number of nitrogens with one attached hydrogen (secondary N) is 1. The van der Waals surface area contributed by atoms with Gasteiger partial charge in [-0.3, -0.25) is 4.98 Å². The molecule has 0 bridgehead atoms. The van der Waals surface area contributed by atoms with Gasteiger partial charge in [0, 0.05) is 22.5 Å². The summed E-state index contributed by atoms with van der Waals surface area (Å²) in [5.74, 6) is 0.393. The molecule has 2 aromatic heterocycles. The first-order chi connectivity index (χ1) is 16.4. The Kier molecular flexibility index (Phi) is 5.81. The topological polar surface area (TPSA) is 78.6 Å². The molecule has 0 unspecified atom stereocenters. The largest absolute Gasteiger partial charge is 0.478 e. The number of furan rings is 1. The van der Waals surface area contributed by atoms with Gasteiger partial charge in [0.05, 0.1) is 17.3 Å². The molecule has 1 fully saturated rings. The second-order valence-corrected chi connectivity index (χ2v) is 8.83. The molecule has 0 saturated carbocycles. The number of anilines is 1. The Bertz CT molecular complexity index is 1370. The van der Waals surface area contributed by atoms with Crippen molar-refractivity contribution in [2.45, 2.75) is 19.0 Å². The van der Waals surface area contributed by atoms with Crippen molar-refractivity contribution < 1.29 is 14.3 Å². The fraction of sp³-hybridized carbons (Fsp3) is 0.115. The molecule has 5 rings (SSSR count). The molecule has 34 heavy (non-hydrogen) atoms. The van der Waals surface area contributed by atoms with Gasteiger partial charge >= 0.3 is 5.97 Å². The van der Waals surface area contributed by atoms with Gasteiger partial charge in [0.25, 0.3) is 0 Å². The van der Waals surface area contributed by atoms with E-state index in [1.165, 1.54) is 0 Å². The van der Waals surface area contributed by atoms with Crippen LogP contribution in [0.4, 0.5) is 5.69 Å². The zero-order chi connectivity index (χ0) is 23.8. The summed E-state index contributed by atoms with van der Waals surface area (Å²) in [7, 11) is 0. The minimum absolute atomic E-state index is 0.237. The monoisotopic (exact) mass is 489 g/mol. The van der Waals surface area contributed by atoms with Gasteiger partial charge < -0.3 is 19.7 Å². The van der Waals surface area contributed by atoms with E-state index in [0.717, 1.165) is 22.5 Å². The van der Waals surface area contributed by atoms with Crippen LogP contribution >= 0.6 is 23.8 Å². The van der Waals surface area contributed by atoms with Crippen LogP contribution in [-0.4, -0.2) is 21.2 Å². The Balaban J connectivity index is 1.58. The highest BCUT2D eigenvalue weighted by Gasteiger charge is 2.42. The van der Waals surface area contributed by atoms with Crippen LogP contribution in [0.25, 0.3) is 11.3 Å². The number of carbonyl (C=O) groups is 1. The third-order valence-electron chi connectivity index (χ3n) is 5.86. The number of thiocarbonyl (C=S) groups is 1. The molecule has 0 radical (unpaired) electrons. The second kappa shape index (κ2) is 8.93. The maximum atomic E-state index is 11.3. The highest BCUT2D eigenvalue weighted by atomic mass is 35.5. The molecule has 0 aliphatic carbocycles. The molecule has 2 aromatic carbocycles. The summed E-state index contributed by atoms with van der Waals surface area (Å²) >= 11 is 11.8. The van der Waals surface area contributed by atoms with Crippen molar-refractivity contribution >= 4 is 40.6 Å². The third kappa shape index (κ3) is 4.04. The fourth-order valence-corrected chi connectivity index (χ4v) is 4.73. The Morgan fingerprint density at radius 2 is 1.91 bits per heavy atom. The van der Waals surface area contributed by atoms with Crippen LogP contribution in [0.15, 0.2) is 83.4 Å². The number of halogens is 1. The van der Waals surface area contributed by atoms with Crippen LogP contribution < -0.4 is 10.2 Å². The van der Waals surface area contributed by atoms with Gasteiger partial charge in [0.2, 0.25) is 0 Å². The van der Waals surface area contributed by atoms with E-state index < -0.39 is 5.97 Å². The number of hydrogen-bond donors (Lipinski definition) is 2. The van der Waals surface area contributed by atoms with Crippen molar-refractivity contribution in [3.05, 3.63) is 107 Å². The number of pyridine rings is 1. The van der Waals surface area contributed by atoms with E-state index >= 15 is 0 Å². The van der Waals surface area contributed by atoms with Gasteiger partial charge in [-0.15, -0.1) is 0 Å². The molecule has 2 N–H and O–H groups in total. The third-order valence-corrected chi connectivity index (χ3v) is 6.43. The SMILES string of the molecule is Cc1cc(C(=O)O)ccc1-c1ccc([C@@H]2[C@H](c3ccccn3)NC(=S)N2c2ccc(Cl)cc2)o1. The number of carboxylic acids is 1. The van der Waals surface area contributed by atoms with Crippen LogP contribution in [0.3, 0.4) is 0 Å². The number of benzene rings is 2. The molecule has 0 spiro atoms. The minimum atomic E-state index is -0.961. The molecule has 1 aliphatic heterocycles. The van der Waals surface area contributed by atoms with Crippen LogP contribution in [0, 0.1) is 6.92 Å². The van der Waals surface area contributed by atoms with Gasteiger partial charge in [-0.25, -0.2) is 4.79 Å². The van der Waals surface area contributed by atoms with Crippen molar-refractivity contribution in [1.82, 2.24) is 10.3 Å². The second-order valence-electron chi connectivity index (χ2n) is 8.01. The number of nitrogens with zero attached hydrogens (tertiary/aromatic N) is 2. The lowest BCUT2D eigenvalue weighted by Gasteiger charge is -2.26. The minimum Gasteiger partial charge on any atom is -0.478 e. The first-order valence-electron chi connectivity index (χ1n) is 10.6. The van der Waals surface area contributed by atoms with Crippen LogP contribution in [0.1, 0.15) is 39.5 Å². The molecule has 4 aromatic rings. The molecule has 6 nitrogen and oxygen atoms in total. The van der Waals surface area contributed by atoms with Gasteiger partial charge in [0.1, 0.15) is 17.6 Å². The average molecular weight is 490 g/mol. The van der Waals surface area contributed by atoms with Gasteiger partial charge in [-0.05, 0) is 85.4 Å².